The van der Waals surface area contributed by atoms with Crippen LogP contribution in [0.4, 0.5) is 8.78 Å². The van der Waals surface area contributed by atoms with E-state index in [2.05, 4.69) is 15.5 Å². The van der Waals surface area contributed by atoms with E-state index in [0.717, 1.165) is 31.5 Å². The lowest BCUT2D eigenvalue weighted by atomic mass is 10.1. The first kappa shape index (κ1) is 14.1. The summed E-state index contributed by atoms with van der Waals surface area (Å²) >= 11 is 0. The minimum Gasteiger partial charge on any atom is -0.425 e. The molecule has 1 saturated carbocycles. The summed E-state index contributed by atoms with van der Waals surface area (Å²) in [6.07, 6.45) is 4.54. The normalized spacial score (nSPS) is 14.6. The number of aryl methyl sites for hydroxylation is 1. The molecule has 0 bridgehead atoms. The predicted octanol–water partition coefficient (Wildman–Crippen LogP) is 2.62. The molecule has 1 fully saturated rings. The van der Waals surface area contributed by atoms with Crippen molar-refractivity contribution in [2.75, 3.05) is 6.54 Å². The van der Waals surface area contributed by atoms with Crippen molar-refractivity contribution in [3.63, 3.8) is 0 Å². The van der Waals surface area contributed by atoms with Crippen LogP contribution < -0.4 is 5.32 Å². The van der Waals surface area contributed by atoms with Crippen molar-refractivity contribution in [2.24, 2.45) is 0 Å². The average Bonchev–Trinajstić information content (AvgIpc) is 3.19. The van der Waals surface area contributed by atoms with Gasteiger partial charge in [0.25, 0.3) is 0 Å². The summed E-state index contributed by atoms with van der Waals surface area (Å²) in [6, 6.07) is 4.48. The maximum absolute atomic E-state index is 13.1. The zero-order chi connectivity index (χ0) is 14.7. The number of nitrogens with one attached hydrogen (secondary N) is 1. The van der Waals surface area contributed by atoms with Gasteiger partial charge in [-0.05, 0) is 43.5 Å². The van der Waals surface area contributed by atoms with E-state index in [-0.39, 0.29) is 0 Å². The van der Waals surface area contributed by atoms with Gasteiger partial charge >= 0.3 is 0 Å². The number of halogens is 2. The fourth-order valence-corrected chi connectivity index (χ4v) is 2.12. The standard InChI is InChI=1S/C15H17F2N3O/c16-12-6-3-10(8-13(12)17)9-15-20-19-14(21-15)2-1-7-18-11-4-5-11/h3,6,8,11,18H,1-2,4-5,7,9H2. The van der Waals surface area contributed by atoms with Crippen molar-refractivity contribution in [3.8, 4) is 0 Å². The zero-order valence-corrected chi connectivity index (χ0v) is 11.6. The van der Waals surface area contributed by atoms with Crippen LogP contribution in [0.15, 0.2) is 22.6 Å². The number of aromatic nitrogens is 2. The van der Waals surface area contributed by atoms with E-state index < -0.39 is 11.6 Å². The van der Waals surface area contributed by atoms with Gasteiger partial charge in [0.2, 0.25) is 11.8 Å². The van der Waals surface area contributed by atoms with Gasteiger partial charge in [-0.15, -0.1) is 10.2 Å². The van der Waals surface area contributed by atoms with Crippen LogP contribution in [0, 0.1) is 11.6 Å². The number of hydrogen-bond donors (Lipinski definition) is 1. The van der Waals surface area contributed by atoms with Gasteiger partial charge in [-0.25, -0.2) is 8.78 Å². The molecule has 0 amide bonds. The van der Waals surface area contributed by atoms with Crippen molar-refractivity contribution < 1.29 is 13.2 Å². The summed E-state index contributed by atoms with van der Waals surface area (Å²) in [5.41, 5.74) is 0.611. The van der Waals surface area contributed by atoms with Crippen LogP contribution in [0.25, 0.3) is 0 Å². The molecule has 0 spiro atoms. The van der Waals surface area contributed by atoms with Crippen LogP contribution in [-0.2, 0) is 12.8 Å². The minimum atomic E-state index is -0.863. The largest absolute Gasteiger partial charge is 0.425 e. The Bertz CT molecular complexity index is 611. The molecule has 21 heavy (non-hydrogen) atoms. The average molecular weight is 293 g/mol. The number of rotatable bonds is 7. The third-order valence-corrected chi connectivity index (χ3v) is 3.43. The molecule has 1 aromatic carbocycles. The molecule has 112 valence electrons. The molecule has 3 rings (SSSR count). The molecule has 0 atom stereocenters. The number of nitrogens with zero attached hydrogens (tertiary/aromatic N) is 2. The Kier molecular flexibility index (Phi) is 4.24. The van der Waals surface area contributed by atoms with E-state index in [0.29, 0.717) is 29.8 Å². The lowest BCUT2D eigenvalue weighted by Crippen LogP contribution is -2.17. The summed E-state index contributed by atoms with van der Waals surface area (Å²) in [5, 5.41) is 11.3. The SMILES string of the molecule is Fc1ccc(Cc2nnc(CCCNC3CC3)o2)cc1F. The van der Waals surface area contributed by atoms with Gasteiger partial charge in [0, 0.05) is 12.5 Å². The van der Waals surface area contributed by atoms with Gasteiger partial charge in [-0.1, -0.05) is 6.07 Å². The highest BCUT2D eigenvalue weighted by atomic mass is 19.2. The molecule has 1 aliphatic rings. The van der Waals surface area contributed by atoms with Crippen molar-refractivity contribution in [2.45, 2.75) is 38.1 Å². The fraction of sp³-hybridized carbons (Fsp3) is 0.467. The van der Waals surface area contributed by atoms with Crippen LogP contribution in [0.3, 0.4) is 0 Å². The van der Waals surface area contributed by atoms with Gasteiger partial charge in [0.05, 0.1) is 6.42 Å². The van der Waals surface area contributed by atoms with Crippen molar-refractivity contribution in [1.29, 1.82) is 0 Å². The summed E-state index contributed by atoms with van der Waals surface area (Å²) in [4.78, 5) is 0. The molecule has 1 aromatic heterocycles. The quantitative estimate of drug-likeness (QED) is 0.797. The van der Waals surface area contributed by atoms with Crippen LogP contribution in [-0.4, -0.2) is 22.8 Å². The first-order chi connectivity index (χ1) is 10.2. The van der Waals surface area contributed by atoms with E-state index in [9.17, 15) is 8.78 Å². The molecular formula is C15H17F2N3O. The molecule has 1 N–H and O–H groups in total. The molecule has 0 radical (unpaired) electrons. The molecule has 6 heteroatoms. The minimum absolute atomic E-state index is 0.310. The highest BCUT2D eigenvalue weighted by Crippen LogP contribution is 2.18. The lowest BCUT2D eigenvalue weighted by molar-refractivity contribution is 0.448. The highest BCUT2D eigenvalue weighted by molar-refractivity contribution is 5.20. The van der Waals surface area contributed by atoms with Gasteiger partial charge in [-0.3, -0.25) is 0 Å². The smallest absolute Gasteiger partial charge is 0.220 e. The van der Waals surface area contributed by atoms with E-state index in [1.54, 1.807) is 0 Å². The van der Waals surface area contributed by atoms with E-state index in [1.165, 1.54) is 18.9 Å². The Hall–Kier alpha value is -1.82. The van der Waals surface area contributed by atoms with Crippen molar-refractivity contribution in [1.82, 2.24) is 15.5 Å². The molecule has 0 unspecified atom stereocenters. The zero-order valence-electron chi connectivity index (χ0n) is 11.6. The number of hydrogen-bond acceptors (Lipinski definition) is 4. The molecule has 4 nitrogen and oxygen atoms in total. The second kappa shape index (κ2) is 6.30. The van der Waals surface area contributed by atoms with Crippen molar-refractivity contribution >= 4 is 0 Å². The maximum Gasteiger partial charge on any atom is 0.220 e. The second-order valence-electron chi connectivity index (χ2n) is 5.35. The maximum atomic E-state index is 13.1. The summed E-state index contributed by atoms with van der Waals surface area (Å²) in [7, 11) is 0. The van der Waals surface area contributed by atoms with Gasteiger partial charge in [0.15, 0.2) is 11.6 Å². The monoisotopic (exact) mass is 293 g/mol. The summed E-state index contributed by atoms with van der Waals surface area (Å²) < 4.78 is 31.5. The summed E-state index contributed by atoms with van der Waals surface area (Å²) in [6.45, 7) is 0.950. The fourth-order valence-electron chi connectivity index (χ4n) is 2.12. The molecule has 0 aliphatic heterocycles. The Morgan fingerprint density at radius 2 is 1.95 bits per heavy atom. The van der Waals surface area contributed by atoms with Gasteiger partial charge in [0.1, 0.15) is 0 Å². The van der Waals surface area contributed by atoms with Crippen LogP contribution in [0.2, 0.25) is 0 Å². The lowest BCUT2D eigenvalue weighted by Gasteiger charge is -1.99. The Labute approximate surface area is 121 Å². The number of benzene rings is 1. The molecular weight excluding hydrogens is 276 g/mol. The molecule has 1 heterocycles. The molecule has 0 saturated heterocycles. The first-order valence-electron chi connectivity index (χ1n) is 7.19. The first-order valence-corrected chi connectivity index (χ1v) is 7.19. The van der Waals surface area contributed by atoms with E-state index in [4.69, 9.17) is 4.42 Å². The van der Waals surface area contributed by atoms with Crippen LogP contribution in [0.1, 0.15) is 36.6 Å². The summed E-state index contributed by atoms with van der Waals surface area (Å²) in [5.74, 6) is -0.706. The van der Waals surface area contributed by atoms with Gasteiger partial charge < -0.3 is 9.73 Å². The topological polar surface area (TPSA) is 51.0 Å². The van der Waals surface area contributed by atoms with Crippen LogP contribution >= 0.6 is 0 Å². The Morgan fingerprint density at radius 1 is 1.14 bits per heavy atom. The molecule has 1 aliphatic carbocycles. The third-order valence-electron chi connectivity index (χ3n) is 3.43. The Balaban J connectivity index is 1.50. The van der Waals surface area contributed by atoms with E-state index in [1.807, 2.05) is 0 Å². The van der Waals surface area contributed by atoms with Gasteiger partial charge in [-0.2, -0.15) is 0 Å². The third kappa shape index (κ3) is 4.07. The Morgan fingerprint density at radius 3 is 2.71 bits per heavy atom. The van der Waals surface area contributed by atoms with E-state index >= 15 is 0 Å². The van der Waals surface area contributed by atoms with Crippen molar-refractivity contribution in [3.05, 3.63) is 47.2 Å². The van der Waals surface area contributed by atoms with Crippen LogP contribution in [0.5, 0.6) is 0 Å². The molecule has 2 aromatic rings. The predicted molar refractivity (Wildman–Crippen MR) is 72.8 cm³/mol. The highest BCUT2D eigenvalue weighted by Gasteiger charge is 2.19. The second-order valence-corrected chi connectivity index (χ2v) is 5.35.